The van der Waals surface area contributed by atoms with E-state index < -0.39 is 7.41 Å². The summed E-state index contributed by atoms with van der Waals surface area (Å²) in [5, 5.41) is 4.28. The Kier molecular flexibility index (Phi) is 9.78. The number of benzene rings is 5. The summed E-state index contributed by atoms with van der Waals surface area (Å²) in [7, 11) is 2.00. The van der Waals surface area contributed by atoms with Crippen LogP contribution in [0.2, 0.25) is 0 Å². The Morgan fingerprint density at radius 2 is 1.13 bits per heavy atom. The Morgan fingerprint density at radius 1 is 0.641 bits per heavy atom. The fourth-order valence-corrected chi connectivity index (χ4v) is 9.55. The fraction of sp³-hybridized carbons (Fsp3) is 0.0588. The van der Waals surface area contributed by atoms with E-state index in [9.17, 15) is 0 Å². The molecule has 5 rings (SSSR count). The maximum atomic E-state index is 7.28. The van der Waals surface area contributed by atoms with E-state index in [0.29, 0.717) is 5.03 Å². The van der Waals surface area contributed by atoms with Gasteiger partial charge in [0.25, 0.3) is 0 Å². The summed E-state index contributed by atoms with van der Waals surface area (Å²) >= 11 is 7.28. The van der Waals surface area contributed by atoms with Gasteiger partial charge in [-0.1, -0.05) is 103 Å². The number of hydrogen-bond donors (Lipinski definition) is 0. The first-order chi connectivity index (χ1) is 18.6. The summed E-state index contributed by atoms with van der Waals surface area (Å²) in [6.45, 7) is 0. The molecule has 0 saturated heterocycles. The van der Waals surface area contributed by atoms with Crippen LogP contribution in [0.4, 0.5) is 0 Å². The molecule has 5 aromatic carbocycles. The molecule has 0 radical (unpaired) electrons. The van der Waals surface area contributed by atoms with Crippen molar-refractivity contribution in [2.45, 2.75) is 0 Å². The Labute approximate surface area is 247 Å². The third-order valence-corrected chi connectivity index (χ3v) is 11.2. The Bertz CT molecular complexity index is 1470. The second kappa shape index (κ2) is 13.2. The SMILES string of the molecule is CN(C)[P+](c1ccccc1)(c1ccccc1)c1cccc(Oc2ccccc2)c1C(Cl)=Cc1ccccc1.[Br-]. The van der Waals surface area contributed by atoms with Crippen LogP contribution in [-0.4, -0.2) is 18.8 Å². The maximum Gasteiger partial charge on any atom is 0.181 e. The molecule has 39 heavy (non-hydrogen) atoms. The molecule has 0 aliphatic rings. The Hall–Kier alpha value is -3.20. The van der Waals surface area contributed by atoms with Crippen LogP contribution in [0, 0.1) is 0 Å². The van der Waals surface area contributed by atoms with Crippen molar-refractivity contribution in [2.24, 2.45) is 0 Å². The zero-order chi connectivity index (χ0) is 26.4. The minimum absolute atomic E-state index is 0. The van der Waals surface area contributed by atoms with Crippen LogP contribution in [0.1, 0.15) is 11.1 Å². The standard InChI is InChI=1S/C34H30ClNOP.BrH/c1-36(2)38(29-20-11-5-12-21-29,30-22-13-6-14-23-30)33-25-15-24-32(37-28-18-9-4-10-19-28)34(33)31(35)26-27-16-7-3-8-17-27;/h3-26H,1-2H3;1H/q+1;/p-1. The predicted molar refractivity (Wildman–Crippen MR) is 166 cm³/mol. The van der Waals surface area contributed by atoms with E-state index in [-0.39, 0.29) is 17.0 Å². The van der Waals surface area contributed by atoms with Gasteiger partial charge in [0.15, 0.2) is 7.41 Å². The quantitative estimate of drug-likeness (QED) is 0.180. The number of ether oxygens (including phenoxy) is 1. The maximum absolute atomic E-state index is 7.28. The number of halogens is 2. The van der Waals surface area contributed by atoms with Crippen molar-refractivity contribution >= 4 is 46.0 Å². The molecule has 5 heteroatoms. The second-order valence-corrected chi connectivity index (χ2v) is 13.1. The second-order valence-electron chi connectivity index (χ2n) is 9.12. The lowest BCUT2D eigenvalue weighted by Gasteiger charge is -2.34. The van der Waals surface area contributed by atoms with E-state index in [1.807, 2.05) is 60.7 Å². The topological polar surface area (TPSA) is 12.5 Å². The van der Waals surface area contributed by atoms with Gasteiger partial charge in [-0.15, -0.1) is 0 Å². The van der Waals surface area contributed by atoms with Gasteiger partial charge in [-0.3, -0.25) is 0 Å². The average molecular weight is 615 g/mol. The molecule has 5 aromatic rings. The van der Waals surface area contributed by atoms with Crippen LogP contribution in [-0.2, 0) is 0 Å². The summed E-state index contributed by atoms with van der Waals surface area (Å²) in [4.78, 5) is 0. The van der Waals surface area contributed by atoms with E-state index in [2.05, 4.69) is 104 Å². The molecule has 0 heterocycles. The first kappa shape index (κ1) is 28.8. The van der Waals surface area contributed by atoms with Crippen LogP contribution in [0.5, 0.6) is 11.5 Å². The zero-order valence-corrected chi connectivity index (χ0v) is 25.2. The smallest absolute Gasteiger partial charge is 0.181 e. The highest BCUT2D eigenvalue weighted by molar-refractivity contribution is 7.93. The van der Waals surface area contributed by atoms with E-state index in [1.54, 1.807) is 0 Å². The summed E-state index contributed by atoms with van der Waals surface area (Å²) in [5.41, 5.74) is 1.93. The molecule has 0 N–H and O–H groups in total. The van der Waals surface area contributed by atoms with Gasteiger partial charge in [0.05, 0.1) is 10.6 Å². The van der Waals surface area contributed by atoms with E-state index in [0.717, 1.165) is 27.9 Å². The van der Waals surface area contributed by atoms with Crippen molar-refractivity contribution in [1.29, 1.82) is 0 Å². The summed E-state index contributed by atoms with van der Waals surface area (Å²) in [5.74, 6) is 1.49. The predicted octanol–water partition coefficient (Wildman–Crippen LogP) is 4.99. The normalized spacial score (nSPS) is 11.6. The van der Waals surface area contributed by atoms with Crippen LogP contribution >= 0.6 is 19.0 Å². The summed E-state index contributed by atoms with van der Waals surface area (Å²) in [6, 6.07) is 47.8. The van der Waals surface area contributed by atoms with E-state index >= 15 is 0 Å². The lowest BCUT2D eigenvalue weighted by atomic mass is 10.1. The summed E-state index contributed by atoms with van der Waals surface area (Å²) in [6.07, 6.45) is 2.03. The Balaban J connectivity index is 0.00000353. The molecular weight excluding hydrogens is 585 g/mol. The summed E-state index contributed by atoms with van der Waals surface area (Å²) < 4.78 is 8.90. The molecule has 0 spiro atoms. The Morgan fingerprint density at radius 3 is 1.64 bits per heavy atom. The van der Waals surface area contributed by atoms with E-state index in [4.69, 9.17) is 16.3 Å². The van der Waals surface area contributed by atoms with E-state index in [1.165, 1.54) is 10.6 Å². The molecule has 0 saturated carbocycles. The van der Waals surface area contributed by atoms with Crippen molar-refractivity contribution < 1.29 is 21.7 Å². The molecule has 0 atom stereocenters. The molecule has 196 valence electrons. The first-order valence-corrected chi connectivity index (χ1v) is 14.7. The molecule has 0 aliphatic carbocycles. The molecule has 0 amide bonds. The molecule has 0 aliphatic heterocycles. The van der Waals surface area contributed by atoms with Gasteiger partial charge in [0.2, 0.25) is 0 Å². The number of hydrogen-bond acceptors (Lipinski definition) is 2. The monoisotopic (exact) mass is 613 g/mol. The van der Waals surface area contributed by atoms with Gasteiger partial charge in [-0.05, 0) is 60.2 Å². The van der Waals surface area contributed by atoms with Crippen LogP contribution < -0.4 is 37.6 Å². The lowest BCUT2D eigenvalue weighted by Crippen LogP contribution is -3.00. The molecule has 2 nitrogen and oxygen atoms in total. The van der Waals surface area contributed by atoms with Gasteiger partial charge in [0.1, 0.15) is 27.4 Å². The van der Waals surface area contributed by atoms with Gasteiger partial charge < -0.3 is 21.7 Å². The third-order valence-electron chi connectivity index (χ3n) is 6.52. The largest absolute Gasteiger partial charge is 1.00 e. The molecule has 0 aromatic heterocycles. The van der Waals surface area contributed by atoms with Crippen LogP contribution in [0.25, 0.3) is 11.1 Å². The highest BCUT2D eigenvalue weighted by atomic mass is 79.9. The average Bonchev–Trinajstić information content (AvgIpc) is 2.96. The number of para-hydroxylation sites is 1. The molecule has 0 bridgehead atoms. The van der Waals surface area contributed by atoms with Crippen molar-refractivity contribution in [3.63, 3.8) is 0 Å². The number of nitrogens with zero attached hydrogens (tertiary/aromatic N) is 1. The van der Waals surface area contributed by atoms with Crippen molar-refractivity contribution in [3.05, 3.63) is 151 Å². The third kappa shape index (κ3) is 6.03. The van der Waals surface area contributed by atoms with Crippen molar-refractivity contribution in [1.82, 2.24) is 4.67 Å². The van der Waals surface area contributed by atoms with Gasteiger partial charge in [0, 0.05) is 14.1 Å². The van der Waals surface area contributed by atoms with Gasteiger partial charge in [-0.2, -0.15) is 4.67 Å². The highest BCUT2D eigenvalue weighted by Crippen LogP contribution is 2.59. The molecule has 0 fully saturated rings. The minimum atomic E-state index is -2.33. The van der Waals surface area contributed by atoms with Crippen molar-refractivity contribution in [2.75, 3.05) is 14.1 Å². The minimum Gasteiger partial charge on any atom is -1.00 e. The van der Waals surface area contributed by atoms with Crippen LogP contribution in [0.15, 0.2) is 140 Å². The number of rotatable bonds is 8. The zero-order valence-electron chi connectivity index (χ0n) is 21.9. The first-order valence-electron chi connectivity index (χ1n) is 12.6. The van der Waals surface area contributed by atoms with Gasteiger partial charge in [-0.25, -0.2) is 0 Å². The highest BCUT2D eigenvalue weighted by Gasteiger charge is 2.50. The lowest BCUT2D eigenvalue weighted by molar-refractivity contribution is -0.00000776. The molecular formula is C34H30BrClNOP. The van der Waals surface area contributed by atoms with Crippen LogP contribution in [0.3, 0.4) is 0 Å². The van der Waals surface area contributed by atoms with Crippen molar-refractivity contribution in [3.8, 4) is 11.5 Å². The van der Waals surface area contributed by atoms with Gasteiger partial charge >= 0.3 is 0 Å². The fourth-order valence-electron chi connectivity index (χ4n) is 4.89. The molecule has 0 unspecified atom stereocenters.